The number of carbonyl (C=O) groups excluding carboxylic acids is 1. The first-order valence-corrected chi connectivity index (χ1v) is 10.5. The topological polar surface area (TPSA) is 66.0 Å². The summed E-state index contributed by atoms with van der Waals surface area (Å²) in [5, 5.41) is 6.49. The number of hydrogen-bond acceptors (Lipinski definition) is 3. The fourth-order valence-corrected chi connectivity index (χ4v) is 2.86. The first-order valence-electron chi connectivity index (χ1n) is 10.5. The molecule has 1 fully saturated rings. The number of benzene rings is 2. The molecule has 2 N–H and O–H groups in total. The zero-order valence-corrected chi connectivity index (χ0v) is 18.1. The van der Waals surface area contributed by atoms with Crippen molar-refractivity contribution in [3.8, 4) is 5.75 Å². The van der Waals surface area contributed by atoms with Crippen molar-refractivity contribution in [2.45, 2.75) is 32.9 Å². The fourth-order valence-electron chi connectivity index (χ4n) is 2.86. The van der Waals surface area contributed by atoms with Crippen molar-refractivity contribution in [3.63, 3.8) is 0 Å². The number of carbonyl (C=O) groups is 1. The highest BCUT2D eigenvalue weighted by molar-refractivity contribution is 5.86. The highest BCUT2D eigenvalue weighted by atomic mass is 16.5. The van der Waals surface area contributed by atoms with Crippen LogP contribution in [-0.4, -0.2) is 44.0 Å². The largest absolute Gasteiger partial charge is 0.493 e. The first-order chi connectivity index (χ1) is 14.5. The minimum absolute atomic E-state index is 0.00648. The Balaban J connectivity index is 1.66. The molecular weight excluding hydrogens is 376 g/mol. The van der Waals surface area contributed by atoms with E-state index in [0.717, 1.165) is 23.5 Å². The van der Waals surface area contributed by atoms with Crippen molar-refractivity contribution < 1.29 is 9.53 Å². The lowest BCUT2D eigenvalue weighted by molar-refractivity contribution is -0.127. The molecule has 0 heterocycles. The third kappa shape index (κ3) is 7.10. The van der Waals surface area contributed by atoms with Gasteiger partial charge >= 0.3 is 0 Å². The Morgan fingerprint density at radius 3 is 2.60 bits per heavy atom. The molecule has 0 atom stereocenters. The number of hydrogen-bond donors (Lipinski definition) is 2. The van der Waals surface area contributed by atoms with Crippen LogP contribution in [0, 0.1) is 12.8 Å². The van der Waals surface area contributed by atoms with Crippen LogP contribution in [0.15, 0.2) is 53.5 Å². The van der Waals surface area contributed by atoms with Gasteiger partial charge in [0.2, 0.25) is 5.91 Å². The van der Waals surface area contributed by atoms with Gasteiger partial charge in [0.15, 0.2) is 5.96 Å². The lowest BCUT2D eigenvalue weighted by atomic mass is 10.1. The van der Waals surface area contributed by atoms with E-state index >= 15 is 0 Å². The van der Waals surface area contributed by atoms with Gasteiger partial charge in [-0.05, 0) is 42.9 Å². The van der Waals surface area contributed by atoms with Crippen molar-refractivity contribution in [1.82, 2.24) is 15.5 Å². The second kappa shape index (κ2) is 10.7. The SMILES string of the molecule is Cc1ccc(CNC(=NCc2ccccc2)NCC(=O)N(C)C)c(OCC2CC2)c1. The summed E-state index contributed by atoms with van der Waals surface area (Å²) in [6.45, 7) is 4.14. The van der Waals surface area contributed by atoms with Gasteiger partial charge in [-0.2, -0.15) is 0 Å². The molecule has 1 aliphatic carbocycles. The first kappa shape index (κ1) is 21.7. The molecule has 3 rings (SSSR count). The Kier molecular flexibility index (Phi) is 7.71. The zero-order valence-electron chi connectivity index (χ0n) is 18.1. The summed E-state index contributed by atoms with van der Waals surface area (Å²) in [5.41, 5.74) is 3.37. The lowest BCUT2D eigenvalue weighted by Gasteiger charge is -2.17. The summed E-state index contributed by atoms with van der Waals surface area (Å²) in [6.07, 6.45) is 2.53. The smallest absolute Gasteiger partial charge is 0.241 e. The molecule has 2 aromatic carbocycles. The Morgan fingerprint density at radius 2 is 1.90 bits per heavy atom. The van der Waals surface area contributed by atoms with E-state index in [2.05, 4.69) is 40.7 Å². The third-order valence-corrected chi connectivity index (χ3v) is 5.01. The van der Waals surface area contributed by atoms with Crippen molar-refractivity contribution >= 4 is 11.9 Å². The summed E-state index contributed by atoms with van der Waals surface area (Å²) in [4.78, 5) is 18.2. The highest BCUT2D eigenvalue weighted by Gasteiger charge is 2.22. The fraction of sp³-hybridized carbons (Fsp3) is 0.417. The zero-order chi connectivity index (χ0) is 21.3. The highest BCUT2D eigenvalue weighted by Crippen LogP contribution is 2.30. The summed E-state index contributed by atoms with van der Waals surface area (Å²) >= 11 is 0. The number of rotatable bonds is 9. The Labute approximate surface area is 179 Å². The Morgan fingerprint density at radius 1 is 1.13 bits per heavy atom. The molecule has 1 aliphatic rings. The monoisotopic (exact) mass is 408 g/mol. The molecule has 0 aliphatic heterocycles. The van der Waals surface area contributed by atoms with E-state index in [4.69, 9.17) is 4.74 Å². The molecular formula is C24H32N4O2. The van der Waals surface area contributed by atoms with Gasteiger partial charge < -0.3 is 20.3 Å². The van der Waals surface area contributed by atoms with Crippen LogP contribution in [0.2, 0.25) is 0 Å². The van der Waals surface area contributed by atoms with Crippen LogP contribution in [0.3, 0.4) is 0 Å². The number of nitrogens with one attached hydrogen (secondary N) is 2. The standard InChI is InChI=1S/C24H32N4O2/c1-18-9-12-21(22(13-18)30-17-20-10-11-20)15-26-24(27-16-23(29)28(2)3)25-14-19-7-5-4-6-8-19/h4-9,12-13,20H,10-11,14-17H2,1-3H3,(H2,25,26,27). The molecule has 2 aromatic rings. The van der Waals surface area contributed by atoms with Crippen LogP contribution >= 0.6 is 0 Å². The van der Waals surface area contributed by atoms with Crippen molar-refractivity contribution in [1.29, 1.82) is 0 Å². The average molecular weight is 409 g/mol. The summed E-state index contributed by atoms with van der Waals surface area (Å²) < 4.78 is 6.07. The molecule has 1 saturated carbocycles. The van der Waals surface area contributed by atoms with Crippen LogP contribution < -0.4 is 15.4 Å². The summed E-state index contributed by atoms with van der Waals surface area (Å²) in [7, 11) is 3.49. The number of ether oxygens (including phenoxy) is 1. The van der Waals surface area contributed by atoms with Gasteiger partial charge in [-0.25, -0.2) is 4.99 Å². The van der Waals surface area contributed by atoms with E-state index in [0.29, 0.717) is 25.0 Å². The van der Waals surface area contributed by atoms with E-state index in [9.17, 15) is 4.79 Å². The van der Waals surface area contributed by atoms with Gasteiger partial charge in [0.1, 0.15) is 5.75 Å². The average Bonchev–Trinajstić information content (AvgIpc) is 3.57. The molecule has 0 saturated heterocycles. The van der Waals surface area contributed by atoms with Crippen LogP contribution in [-0.2, 0) is 17.9 Å². The lowest BCUT2D eigenvalue weighted by Crippen LogP contribution is -2.42. The summed E-state index contributed by atoms with van der Waals surface area (Å²) in [6, 6.07) is 16.3. The minimum atomic E-state index is -0.00648. The maximum atomic E-state index is 12.0. The van der Waals surface area contributed by atoms with E-state index in [-0.39, 0.29) is 12.5 Å². The van der Waals surface area contributed by atoms with Gasteiger partial charge in [-0.1, -0.05) is 42.5 Å². The number of aliphatic imine (C=N–C) groups is 1. The predicted molar refractivity (Wildman–Crippen MR) is 121 cm³/mol. The maximum absolute atomic E-state index is 12.0. The van der Waals surface area contributed by atoms with Crippen LogP contribution in [0.5, 0.6) is 5.75 Å². The molecule has 6 heteroatoms. The van der Waals surface area contributed by atoms with Crippen molar-refractivity contribution in [3.05, 3.63) is 65.2 Å². The predicted octanol–water partition coefficient (Wildman–Crippen LogP) is 3.11. The molecule has 1 amide bonds. The molecule has 6 nitrogen and oxygen atoms in total. The van der Waals surface area contributed by atoms with E-state index in [1.54, 1.807) is 19.0 Å². The van der Waals surface area contributed by atoms with Gasteiger partial charge in [0.25, 0.3) is 0 Å². The van der Waals surface area contributed by atoms with E-state index in [1.165, 1.54) is 18.4 Å². The number of nitrogens with zero attached hydrogens (tertiary/aromatic N) is 2. The molecule has 0 radical (unpaired) electrons. The van der Waals surface area contributed by atoms with Gasteiger partial charge in [0.05, 0.1) is 19.7 Å². The number of guanidine groups is 1. The Bertz CT molecular complexity index is 861. The van der Waals surface area contributed by atoms with Gasteiger partial charge in [-0.15, -0.1) is 0 Å². The molecule has 160 valence electrons. The normalized spacial score (nSPS) is 13.6. The third-order valence-electron chi connectivity index (χ3n) is 5.01. The van der Waals surface area contributed by atoms with Crippen LogP contribution in [0.4, 0.5) is 0 Å². The van der Waals surface area contributed by atoms with Gasteiger partial charge in [0, 0.05) is 26.2 Å². The minimum Gasteiger partial charge on any atom is -0.493 e. The summed E-state index contributed by atoms with van der Waals surface area (Å²) in [5.74, 6) is 2.21. The molecule has 0 bridgehead atoms. The van der Waals surface area contributed by atoms with E-state index < -0.39 is 0 Å². The number of amides is 1. The second-order valence-electron chi connectivity index (χ2n) is 8.01. The Hall–Kier alpha value is -3.02. The second-order valence-corrected chi connectivity index (χ2v) is 8.01. The number of likely N-dealkylation sites (N-methyl/N-ethyl adjacent to an activating group) is 1. The van der Waals surface area contributed by atoms with Gasteiger partial charge in [-0.3, -0.25) is 4.79 Å². The van der Waals surface area contributed by atoms with Crippen LogP contribution in [0.25, 0.3) is 0 Å². The molecule has 0 aromatic heterocycles. The van der Waals surface area contributed by atoms with Crippen LogP contribution in [0.1, 0.15) is 29.5 Å². The molecule has 30 heavy (non-hydrogen) atoms. The van der Waals surface area contributed by atoms with Crippen molar-refractivity contribution in [2.24, 2.45) is 10.9 Å². The van der Waals surface area contributed by atoms with E-state index in [1.807, 2.05) is 30.3 Å². The van der Waals surface area contributed by atoms with Crippen molar-refractivity contribution in [2.75, 3.05) is 27.2 Å². The molecule has 0 spiro atoms. The molecule has 0 unspecified atom stereocenters. The maximum Gasteiger partial charge on any atom is 0.241 e. The number of aryl methyl sites for hydroxylation is 1. The quantitative estimate of drug-likeness (QED) is 0.494.